The maximum absolute atomic E-state index is 13.1. The molecular formula is C14H14F3N5O. The van der Waals surface area contributed by atoms with E-state index in [0.717, 1.165) is 11.1 Å². The third-order valence-corrected chi connectivity index (χ3v) is 3.65. The Kier molecular flexibility index (Phi) is 4.01. The number of alkyl halides is 3. The van der Waals surface area contributed by atoms with Crippen molar-refractivity contribution in [1.29, 1.82) is 0 Å². The second-order valence-electron chi connectivity index (χ2n) is 5.28. The molecule has 122 valence electrons. The lowest BCUT2D eigenvalue weighted by Crippen LogP contribution is -2.22. The van der Waals surface area contributed by atoms with Gasteiger partial charge in [0.1, 0.15) is 6.54 Å². The molecule has 2 aromatic heterocycles. The molecule has 0 aromatic carbocycles. The van der Waals surface area contributed by atoms with E-state index in [0.29, 0.717) is 25.0 Å². The topological polar surface area (TPSA) is 72.7 Å². The molecule has 1 aliphatic carbocycles. The number of amides is 1. The highest BCUT2D eigenvalue weighted by atomic mass is 19.4. The highest BCUT2D eigenvalue weighted by Gasteiger charge is 2.39. The highest BCUT2D eigenvalue weighted by Crippen LogP contribution is 2.35. The molecule has 0 aliphatic heterocycles. The van der Waals surface area contributed by atoms with Crippen molar-refractivity contribution in [2.75, 3.05) is 5.32 Å². The van der Waals surface area contributed by atoms with Crippen molar-refractivity contribution in [1.82, 2.24) is 19.7 Å². The fourth-order valence-electron chi connectivity index (χ4n) is 2.71. The van der Waals surface area contributed by atoms with Gasteiger partial charge in [-0.15, -0.1) is 0 Å². The molecule has 2 heterocycles. The van der Waals surface area contributed by atoms with E-state index in [1.54, 1.807) is 0 Å². The number of carbonyl (C=O) groups excluding carboxylic acids is 1. The lowest BCUT2D eigenvalue weighted by atomic mass is 9.95. The Bertz CT molecular complexity index is 711. The number of hydrogen-bond donors (Lipinski definition) is 1. The molecule has 1 N–H and O–H groups in total. The second kappa shape index (κ2) is 5.98. The molecular weight excluding hydrogens is 311 g/mol. The first-order valence-corrected chi connectivity index (χ1v) is 7.17. The minimum absolute atomic E-state index is 0.219. The molecule has 0 saturated heterocycles. The van der Waals surface area contributed by atoms with Crippen molar-refractivity contribution < 1.29 is 18.0 Å². The Hall–Kier alpha value is -2.45. The van der Waals surface area contributed by atoms with Crippen LogP contribution in [0.15, 0.2) is 18.6 Å². The van der Waals surface area contributed by atoms with E-state index in [4.69, 9.17) is 0 Å². The van der Waals surface area contributed by atoms with Gasteiger partial charge in [-0.2, -0.15) is 18.3 Å². The zero-order valence-corrected chi connectivity index (χ0v) is 12.1. The van der Waals surface area contributed by atoms with Crippen LogP contribution in [0.2, 0.25) is 0 Å². The van der Waals surface area contributed by atoms with E-state index in [1.165, 1.54) is 18.6 Å². The minimum atomic E-state index is -4.51. The summed E-state index contributed by atoms with van der Waals surface area (Å²) < 4.78 is 40.4. The van der Waals surface area contributed by atoms with Gasteiger partial charge < -0.3 is 5.32 Å². The van der Waals surface area contributed by atoms with Crippen LogP contribution in [0.25, 0.3) is 0 Å². The van der Waals surface area contributed by atoms with Gasteiger partial charge in [0.25, 0.3) is 0 Å². The van der Waals surface area contributed by atoms with Gasteiger partial charge in [0.05, 0.1) is 6.20 Å². The number of halogens is 3. The Morgan fingerprint density at radius 2 is 2.04 bits per heavy atom. The quantitative estimate of drug-likeness (QED) is 0.939. The molecule has 0 bridgehead atoms. The Morgan fingerprint density at radius 3 is 2.74 bits per heavy atom. The fraction of sp³-hybridized carbons (Fsp3) is 0.429. The lowest BCUT2D eigenvalue weighted by molar-refractivity contribution is -0.142. The molecule has 1 aliphatic rings. The average Bonchev–Trinajstić information content (AvgIpc) is 2.87. The van der Waals surface area contributed by atoms with Crippen LogP contribution in [0.5, 0.6) is 0 Å². The van der Waals surface area contributed by atoms with Gasteiger partial charge in [-0.1, -0.05) is 0 Å². The van der Waals surface area contributed by atoms with Crippen molar-refractivity contribution in [2.24, 2.45) is 0 Å². The standard InChI is InChI=1S/C14H14F3N5O/c15-14(16,17)13-9-3-1-2-4-10(9)22(21-13)8-12(23)20-11-7-18-5-6-19-11/h5-7H,1-4,8H2,(H,19,20,23). The molecule has 0 spiro atoms. The number of aromatic nitrogens is 4. The largest absolute Gasteiger partial charge is 0.435 e. The zero-order valence-electron chi connectivity index (χ0n) is 12.1. The van der Waals surface area contributed by atoms with Crippen LogP contribution in [0.1, 0.15) is 29.8 Å². The average molecular weight is 325 g/mol. The molecule has 1 amide bonds. The molecule has 0 atom stereocenters. The van der Waals surface area contributed by atoms with E-state index in [-0.39, 0.29) is 17.9 Å². The van der Waals surface area contributed by atoms with Gasteiger partial charge in [-0.25, -0.2) is 4.98 Å². The first kappa shape index (κ1) is 15.4. The Morgan fingerprint density at radius 1 is 1.26 bits per heavy atom. The molecule has 23 heavy (non-hydrogen) atoms. The van der Waals surface area contributed by atoms with Crippen molar-refractivity contribution in [3.63, 3.8) is 0 Å². The summed E-state index contributed by atoms with van der Waals surface area (Å²) in [5.74, 6) is -0.246. The molecule has 0 saturated carbocycles. The van der Waals surface area contributed by atoms with E-state index < -0.39 is 17.8 Å². The van der Waals surface area contributed by atoms with E-state index >= 15 is 0 Å². The third-order valence-electron chi connectivity index (χ3n) is 3.65. The van der Waals surface area contributed by atoms with Gasteiger partial charge >= 0.3 is 6.18 Å². The van der Waals surface area contributed by atoms with Crippen LogP contribution in [0, 0.1) is 0 Å². The summed E-state index contributed by atoms with van der Waals surface area (Å²) >= 11 is 0. The van der Waals surface area contributed by atoms with Gasteiger partial charge in [0.15, 0.2) is 11.5 Å². The monoisotopic (exact) mass is 325 g/mol. The third kappa shape index (κ3) is 3.33. The molecule has 6 nitrogen and oxygen atoms in total. The number of nitrogens with one attached hydrogen (secondary N) is 1. The number of fused-ring (bicyclic) bond motifs is 1. The maximum Gasteiger partial charge on any atom is 0.435 e. The van der Waals surface area contributed by atoms with Crippen molar-refractivity contribution >= 4 is 11.7 Å². The van der Waals surface area contributed by atoms with Gasteiger partial charge in [-0.3, -0.25) is 14.5 Å². The number of nitrogens with zero attached hydrogens (tertiary/aromatic N) is 4. The van der Waals surface area contributed by atoms with Crippen molar-refractivity contribution in [3.8, 4) is 0 Å². The summed E-state index contributed by atoms with van der Waals surface area (Å²) in [6.45, 7) is -0.283. The molecule has 9 heteroatoms. The normalized spacial score (nSPS) is 14.4. The minimum Gasteiger partial charge on any atom is -0.308 e. The number of hydrogen-bond acceptors (Lipinski definition) is 4. The summed E-state index contributed by atoms with van der Waals surface area (Å²) in [4.78, 5) is 19.7. The van der Waals surface area contributed by atoms with Crippen LogP contribution in [0.3, 0.4) is 0 Å². The highest BCUT2D eigenvalue weighted by molar-refractivity contribution is 5.89. The SMILES string of the molecule is O=C(Cn1nc(C(F)(F)F)c2c1CCCC2)Nc1cnccn1. The van der Waals surface area contributed by atoms with Gasteiger partial charge in [-0.05, 0) is 25.7 Å². The summed E-state index contributed by atoms with van der Waals surface area (Å²) in [6, 6.07) is 0. The summed E-state index contributed by atoms with van der Waals surface area (Å²) in [5, 5.41) is 6.13. The Balaban J connectivity index is 1.83. The van der Waals surface area contributed by atoms with Crippen molar-refractivity contribution in [3.05, 3.63) is 35.5 Å². The summed E-state index contributed by atoms with van der Waals surface area (Å²) in [5.41, 5.74) is -0.159. The van der Waals surface area contributed by atoms with Gasteiger partial charge in [0, 0.05) is 23.7 Å². The number of carbonyl (C=O) groups is 1. The zero-order chi connectivity index (χ0) is 16.4. The number of anilines is 1. The first-order chi connectivity index (χ1) is 10.9. The van der Waals surface area contributed by atoms with E-state index in [9.17, 15) is 18.0 Å². The van der Waals surface area contributed by atoms with Crippen LogP contribution in [-0.4, -0.2) is 25.7 Å². The van der Waals surface area contributed by atoms with Crippen LogP contribution >= 0.6 is 0 Å². The van der Waals surface area contributed by atoms with Crippen molar-refractivity contribution in [2.45, 2.75) is 38.4 Å². The molecule has 2 aromatic rings. The second-order valence-corrected chi connectivity index (χ2v) is 5.28. The fourth-order valence-corrected chi connectivity index (χ4v) is 2.71. The molecule has 0 fully saturated rings. The summed E-state index contributed by atoms with van der Waals surface area (Å²) in [6.07, 6.45) is 2.05. The smallest absolute Gasteiger partial charge is 0.308 e. The predicted molar refractivity (Wildman–Crippen MR) is 74.5 cm³/mol. The van der Waals surface area contributed by atoms with Crippen LogP contribution < -0.4 is 5.32 Å². The molecule has 0 unspecified atom stereocenters. The Labute approximate surface area is 129 Å². The lowest BCUT2D eigenvalue weighted by Gasteiger charge is -2.14. The number of rotatable bonds is 3. The van der Waals surface area contributed by atoms with Crippen LogP contribution in [-0.2, 0) is 30.4 Å². The summed E-state index contributed by atoms with van der Waals surface area (Å²) in [7, 11) is 0. The van der Waals surface area contributed by atoms with E-state index in [1.807, 2.05) is 0 Å². The predicted octanol–water partition coefficient (Wildman–Crippen LogP) is 2.21. The molecule has 0 radical (unpaired) electrons. The van der Waals surface area contributed by atoms with Crippen LogP contribution in [0.4, 0.5) is 19.0 Å². The molecule has 3 rings (SSSR count). The maximum atomic E-state index is 13.1. The van der Waals surface area contributed by atoms with E-state index in [2.05, 4.69) is 20.4 Å². The van der Waals surface area contributed by atoms with Gasteiger partial charge in [0.2, 0.25) is 5.91 Å². The first-order valence-electron chi connectivity index (χ1n) is 7.17.